The van der Waals surface area contributed by atoms with Crippen molar-refractivity contribution in [3.63, 3.8) is 0 Å². The van der Waals surface area contributed by atoms with Crippen molar-refractivity contribution < 1.29 is 28.8 Å². The lowest BCUT2D eigenvalue weighted by Crippen LogP contribution is -2.57. The zero-order valence-corrected chi connectivity index (χ0v) is 29.6. The van der Waals surface area contributed by atoms with Crippen LogP contribution in [0.3, 0.4) is 0 Å². The van der Waals surface area contributed by atoms with Gasteiger partial charge in [-0.25, -0.2) is 0 Å². The van der Waals surface area contributed by atoms with Crippen LogP contribution in [0.2, 0.25) is 10.0 Å². The Labute approximate surface area is 306 Å². The summed E-state index contributed by atoms with van der Waals surface area (Å²) in [5.41, 5.74) is 23.1. The number of benzene rings is 2. The number of hydrogen-bond donors (Lipinski definition) is 9. The summed E-state index contributed by atoms with van der Waals surface area (Å²) in [4.78, 5) is 80.6. The number of primary amides is 1. The number of carbonyl (C=O) groups is 6. The van der Waals surface area contributed by atoms with Crippen LogP contribution in [0.1, 0.15) is 43.2 Å². The van der Waals surface area contributed by atoms with Gasteiger partial charge in [0.1, 0.15) is 18.1 Å². The second-order valence-corrected chi connectivity index (χ2v) is 12.4. The largest absolute Gasteiger partial charge is 0.370 e. The van der Waals surface area contributed by atoms with E-state index in [1.165, 1.54) is 6.07 Å². The number of amides is 6. The molecule has 2 aromatic rings. The first-order chi connectivity index (χ1) is 24.3. The van der Waals surface area contributed by atoms with E-state index in [2.05, 4.69) is 31.6 Å². The van der Waals surface area contributed by atoms with Gasteiger partial charge >= 0.3 is 0 Å². The zero-order valence-electron chi connectivity index (χ0n) is 28.1. The molecule has 0 saturated carbocycles. The molecular weight excluding hydrogens is 703 g/mol. The fraction of sp³-hybridized carbons (Fsp3) is 0.424. The maximum absolute atomic E-state index is 13.6. The van der Waals surface area contributed by atoms with Crippen LogP contribution in [0.15, 0.2) is 53.5 Å². The first-order valence-corrected chi connectivity index (χ1v) is 17.0. The second-order valence-electron chi connectivity index (χ2n) is 11.5. The Morgan fingerprint density at radius 2 is 1.33 bits per heavy atom. The van der Waals surface area contributed by atoms with E-state index in [-0.39, 0.29) is 44.6 Å². The summed E-state index contributed by atoms with van der Waals surface area (Å²) < 4.78 is 0. The van der Waals surface area contributed by atoms with Crippen molar-refractivity contribution >= 4 is 64.6 Å². The normalized spacial score (nSPS) is 12.4. The number of rotatable bonds is 22. The van der Waals surface area contributed by atoms with E-state index >= 15 is 0 Å². The molecule has 16 nitrogen and oxygen atoms in total. The number of guanidine groups is 1. The van der Waals surface area contributed by atoms with Gasteiger partial charge in [0, 0.05) is 23.0 Å². The maximum atomic E-state index is 13.6. The molecule has 0 radical (unpaired) electrons. The van der Waals surface area contributed by atoms with Crippen molar-refractivity contribution in [2.75, 3.05) is 26.2 Å². The van der Waals surface area contributed by atoms with Crippen molar-refractivity contribution in [1.29, 1.82) is 0 Å². The Bertz CT molecular complexity index is 1520. The number of unbranched alkanes of at least 4 members (excludes halogenated alkanes) is 1. The van der Waals surface area contributed by atoms with E-state index in [9.17, 15) is 28.8 Å². The summed E-state index contributed by atoms with van der Waals surface area (Å²) in [5.74, 6) is -4.09. The Morgan fingerprint density at radius 1 is 0.706 bits per heavy atom. The molecule has 18 heteroatoms. The highest BCUT2D eigenvalue weighted by atomic mass is 35.5. The molecule has 0 fully saturated rings. The monoisotopic (exact) mass is 748 g/mol. The highest BCUT2D eigenvalue weighted by molar-refractivity contribution is 6.35. The van der Waals surface area contributed by atoms with Gasteiger partial charge < -0.3 is 49.5 Å². The molecule has 2 rings (SSSR count). The van der Waals surface area contributed by atoms with Gasteiger partial charge in [-0.3, -0.25) is 33.8 Å². The Kier molecular flexibility index (Phi) is 18.8. The number of nitrogens with two attached hydrogens (primary N) is 4. The van der Waals surface area contributed by atoms with Gasteiger partial charge in [-0.2, -0.15) is 0 Å². The van der Waals surface area contributed by atoms with Crippen LogP contribution in [-0.2, 0) is 41.6 Å². The van der Waals surface area contributed by atoms with Crippen LogP contribution >= 0.6 is 23.2 Å². The SMILES string of the molecule is NCCCCC(NC(=O)C(CCCN=C(N)N)NC(=O)C(Cc1ccccc1)NC(=O)CNC(=O)CNC(=O)Cc1ccc(Cl)cc1Cl)C(N)=O. The minimum atomic E-state index is -1.18. The van der Waals surface area contributed by atoms with Crippen LogP contribution in [0, 0.1) is 0 Å². The fourth-order valence-corrected chi connectivity index (χ4v) is 5.20. The second kappa shape index (κ2) is 22.7. The van der Waals surface area contributed by atoms with E-state index < -0.39 is 66.7 Å². The summed E-state index contributed by atoms with van der Waals surface area (Å²) in [6, 6.07) is 10.2. The molecule has 13 N–H and O–H groups in total. The number of carbonyl (C=O) groups excluding carboxylic acids is 6. The molecule has 0 aliphatic rings. The molecule has 0 heterocycles. The van der Waals surface area contributed by atoms with Crippen LogP contribution in [0.4, 0.5) is 0 Å². The molecule has 278 valence electrons. The van der Waals surface area contributed by atoms with Gasteiger partial charge in [0.05, 0.1) is 19.5 Å². The number of hydrogen-bond acceptors (Lipinski definition) is 8. The van der Waals surface area contributed by atoms with Crippen molar-refractivity contribution in [3.05, 3.63) is 69.7 Å². The standard InChI is InChI=1S/C33H46Cl2N10O6/c34-22-12-11-21(23(35)17-22)16-27(46)41-18-28(47)42-19-29(48)43-26(15-20-7-2-1-3-8-20)32(51)45-25(10-6-14-40-33(38)39)31(50)44-24(30(37)49)9-4-5-13-36/h1-3,7-8,11-12,17,24-26H,4-6,9-10,13-16,18-19,36H2,(H2,37,49)(H,41,46)(H,42,47)(H,43,48)(H,44,50)(H,45,51)(H4,38,39,40). The number of nitrogens with zero attached hydrogens (tertiary/aromatic N) is 1. The summed E-state index contributed by atoms with van der Waals surface area (Å²) in [5, 5.41) is 13.4. The quantitative estimate of drug-likeness (QED) is 0.0411. The topological polar surface area (TPSA) is 279 Å². The Balaban J connectivity index is 2.08. The fourth-order valence-electron chi connectivity index (χ4n) is 4.72. The first-order valence-electron chi connectivity index (χ1n) is 16.2. The van der Waals surface area contributed by atoms with Gasteiger partial charge in [0.15, 0.2) is 5.96 Å². The maximum Gasteiger partial charge on any atom is 0.243 e. The van der Waals surface area contributed by atoms with E-state index in [1.54, 1.807) is 42.5 Å². The van der Waals surface area contributed by atoms with Crippen molar-refractivity contribution in [1.82, 2.24) is 26.6 Å². The number of halogens is 2. The van der Waals surface area contributed by atoms with Gasteiger partial charge in [0.25, 0.3) is 0 Å². The van der Waals surface area contributed by atoms with Crippen LogP contribution in [-0.4, -0.2) is 85.7 Å². The molecule has 0 bridgehead atoms. The number of aliphatic imine (C=N–C) groups is 1. The third kappa shape index (κ3) is 17.0. The minimum absolute atomic E-state index is 0.0427. The predicted molar refractivity (Wildman–Crippen MR) is 194 cm³/mol. The first kappa shape index (κ1) is 42.2. The Hall–Kier alpha value is -4.93. The van der Waals surface area contributed by atoms with Gasteiger partial charge in [-0.1, -0.05) is 59.6 Å². The molecule has 2 aromatic carbocycles. The molecular formula is C33H46Cl2N10O6. The van der Waals surface area contributed by atoms with Crippen LogP contribution in [0.25, 0.3) is 0 Å². The van der Waals surface area contributed by atoms with Gasteiger partial charge in [-0.05, 0) is 61.9 Å². The molecule has 3 unspecified atom stereocenters. The van der Waals surface area contributed by atoms with Gasteiger partial charge in [-0.15, -0.1) is 0 Å². The molecule has 0 aliphatic carbocycles. The lowest BCUT2D eigenvalue weighted by molar-refractivity contribution is -0.133. The highest BCUT2D eigenvalue weighted by Crippen LogP contribution is 2.21. The molecule has 0 aliphatic heterocycles. The van der Waals surface area contributed by atoms with Crippen molar-refractivity contribution in [2.24, 2.45) is 27.9 Å². The van der Waals surface area contributed by atoms with Crippen molar-refractivity contribution in [2.45, 2.75) is 63.1 Å². The highest BCUT2D eigenvalue weighted by Gasteiger charge is 2.29. The van der Waals surface area contributed by atoms with Crippen LogP contribution < -0.4 is 49.5 Å². The van der Waals surface area contributed by atoms with E-state index in [0.717, 1.165) is 0 Å². The van der Waals surface area contributed by atoms with E-state index in [4.69, 9.17) is 46.1 Å². The molecule has 0 aromatic heterocycles. The van der Waals surface area contributed by atoms with Gasteiger partial charge in [0.2, 0.25) is 35.4 Å². The third-order valence-corrected chi connectivity index (χ3v) is 7.96. The Morgan fingerprint density at radius 3 is 1.98 bits per heavy atom. The smallest absolute Gasteiger partial charge is 0.243 e. The molecule has 6 amide bonds. The predicted octanol–water partition coefficient (Wildman–Crippen LogP) is -0.867. The van der Waals surface area contributed by atoms with E-state index in [1.807, 2.05) is 0 Å². The number of nitrogens with one attached hydrogen (secondary N) is 5. The lowest BCUT2D eigenvalue weighted by Gasteiger charge is -2.25. The van der Waals surface area contributed by atoms with Crippen molar-refractivity contribution in [3.8, 4) is 0 Å². The minimum Gasteiger partial charge on any atom is -0.370 e. The summed E-state index contributed by atoms with van der Waals surface area (Å²) in [7, 11) is 0. The average molecular weight is 750 g/mol. The van der Waals surface area contributed by atoms with Crippen LogP contribution in [0.5, 0.6) is 0 Å². The summed E-state index contributed by atoms with van der Waals surface area (Å²) in [6.07, 6.45) is 1.74. The molecule has 51 heavy (non-hydrogen) atoms. The average Bonchev–Trinajstić information content (AvgIpc) is 3.08. The zero-order chi connectivity index (χ0) is 37.8. The molecule has 0 spiro atoms. The lowest BCUT2D eigenvalue weighted by atomic mass is 10.0. The molecule has 3 atom stereocenters. The summed E-state index contributed by atoms with van der Waals surface area (Å²) >= 11 is 12.0. The van der Waals surface area contributed by atoms with E-state index in [0.29, 0.717) is 40.6 Å². The summed E-state index contributed by atoms with van der Waals surface area (Å²) in [6.45, 7) is -0.363. The third-order valence-electron chi connectivity index (χ3n) is 7.38. The molecule has 0 saturated heterocycles.